The molecular formula is C14H16N4O2S. The van der Waals surface area contributed by atoms with Crippen molar-refractivity contribution >= 4 is 17.2 Å². The van der Waals surface area contributed by atoms with Crippen LogP contribution in [0.2, 0.25) is 0 Å². The molecule has 2 aromatic rings. The van der Waals surface area contributed by atoms with Gasteiger partial charge in [0.05, 0.1) is 11.0 Å². The van der Waals surface area contributed by atoms with Gasteiger partial charge < -0.3 is 9.42 Å². The number of aryl methyl sites for hydroxylation is 1. The first-order valence-electron chi connectivity index (χ1n) is 7.29. The van der Waals surface area contributed by atoms with Gasteiger partial charge in [-0.2, -0.15) is 4.98 Å². The van der Waals surface area contributed by atoms with Crippen LogP contribution in [0, 0.1) is 6.92 Å². The first kappa shape index (κ1) is 12.9. The van der Waals surface area contributed by atoms with Crippen molar-refractivity contribution < 1.29 is 9.32 Å². The Hall–Kier alpha value is -1.76. The van der Waals surface area contributed by atoms with E-state index < -0.39 is 0 Å². The molecule has 1 saturated carbocycles. The molecule has 0 aromatic carbocycles. The lowest BCUT2D eigenvalue weighted by molar-refractivity contribution is 0.0723. The average Bonchev–Trinajstić information content (AvgIpc) is 2.94. The first-order valence-corrected chi connectivity index (χ1v) is 8.17. The highest BCUT2D eigenvalue weighted by molar-refractivity contribution is 7.09. The van der Waals surface area contributed by atoms with Gasteiger partial charge in [0.15, 0.2) is 5.82 Å². The Morgan fingerprint density at radius 1 is 1.38 bits per heavy atom. The fourth-order valence-corrected chi connectivity index (χ4v) is 3.35. The summed E-state index contributed by atoms with van der Waals surface area (Å²) in [5.41, 5.74) is 0.523. The van der Waals surface area contributed by atoms with Crippen molar-refractivity contribution in [2.75, 3.05) is 6.54 Å². The van der Waals surface area contributed by atoms with Crippen LogP contribution in [0.1, 0.15) is 64.9 Å². The van der Waals surface area contributed by atoms with Crippen molar-refractivity contribution in [3.8, 4) is 0 Å². The summed E-state index contributed by atoms with van der Waals surface area (Å²) in [7, 11) is 0. The van der Waals surface area contributed by atoms with Crippen LogP contribution >= 0.6 is 11.3 Å². The maximum atomic E-state index is 12.6. The van der Waals surface area contributed by atoms with Gasteiger partial charge >= 0.3 is 0 Å². The van der Waals surface area contributed by atoms with E-state index in [1.54, 1.807) is 0 Å². The number of likely N-dealkylation sites (tertiary alicyclic amines) is 1. The van der Waals surface area contributed by atoms with E-state index in [2.05, 4.69) is 15.1 Å². The first-order chi connectivity index (χ1) is 10.2. The standard InChI is InChI=1S/C14H16N4O2S/c1-8-15-10(7-21-8)14(19)18-6-2-3-11(18)12-16-13(20-17-12)9-4-5-9/h7,9,11H,2-6H2,1H3/t11-/m1/s1. The van der Waals surface area contributed by atoms with Crippen LogP contribution in [0.3, 0.4) is 0 Å². The molecule has 1 saturated heterocycles. The van der Waals surface area contributed by atoms with Crippen molar-refractivity contribution in [2.24, 2.45) is 0 Å². The SMILES string of the molecule is Cc1nc(C(=O)N2CCC[C@@H]2c2noc(C3CC3)n2)cs1. The molecule has 0 radical (unpaired) electrons. The molecule has 3 heterocycles. The van der Waals surface area contributed by atoms with Crippen molar-refractivity contribution in [1.29, 1.82) is 0 Å². The van der Waals surface area contributed by atoms with Gasteiger partial charge in [-0.15, -0.1) is 11.3 Å². The van der Waals surface area contributed by atoms with Crippen molar-refractivity contribution in [1.82, 2.24) is 20.0 Å². The smallest absolute Gasteiger partial charge is 0.273 e. The second-order valence-electron chi connectivity index (χ2n) is 5.67. The second-order valence-corrected chi connectivity index (χ2v) is 6.74. The van der Waals surface area contributed by atoms with E-state index in [1.165, 1.54) is 11.3 Å². The molecule has 1 aliphatic carbocycles. The van der Waals surface area contributed by atoms with E-state index in [0.29, 0.717) is 17.4 Å². The Balaban J connectivity index is 1.57. The van der Waals surface area contributed by atoms with Crippen LogP contribution in [0.4, 0.5) is 0 Å². The Morgan fingerprint density at radius 3 is 2.95 bits per heavy atom. The van der Waals surface area contributed by atoms with Gasteiger partial charge in [-0.05, 0) is 32.6 Å². The summed E-state index contributed by atoms with van der Waals surface area (Å²) in [5, 5.41) is 6.82. The minimum Gasteiger partial charge on any atom is -0.339 e. The zero-order valence-electron chi connectivity index (χ0n) is 11.8. The van der Waals surface area contributed by atoms with Crippen LogP contribution < -0.4 is 0 Å². The summed E-state index contributed by atoms with van der Waals surface area (Å²) in [6, 6.07) is -0.0734. The summed E-state index contributed by atoms with van der Waals surface area (Å²) in [6.45, 7) is 2.64. The van der Waals surface area contributed by atoms with Crippen LogP contribution in [0.25, 0.3) is 0 Å². The molecule has 2 aromatic heterocycles. The molecule has 2 fully saturated rings. The topological polar surface area (TPSA) is 72.1 Å². The lowest BCUT2D eigenvalue weighted by atomic mass is 10.2. The number of amides is 1. The molecule has 7 heteroatoms. The number of thiazole rings is 1. The molecule has 0 bridgehead atoms. The minimum absolute atomic E-state index is 0.0281. The van der Waals surface area contributed by atoms with Crippen LogP contribution in [-0.4, -0.2) is 32.5 Å². The van der Waals surface area contributed by atoms with E-state index >= 15 is 0 Å². The number of aromatic nitrogens is 3. The van der Waals surface area contributed by atoms with Gasteiger partial charge in [0.2, 0.25) is 5.89 Å². The van der Waals surface area contributed by atoms with E-state index in [1.807, 2.05) is 17.2 Å². The second kappa shape index (κ2) is 4.91. The number of carbonyl (C=O) groups is 1. The van der Waals surface area contributed by atoms with Gasteiger partial charge in [-0.1, -0.05) is 5.16 Å². The number of carbonyl (C=O) groups excluding carboxylic acids is 1. The molecule has 1 amide bonds. The summed E-state index contributed by atoms with van der Waals surface area (Å²) >= 11 is 1.50. The third kappa shape index (κ3) is 2.35. The Bertz CT molecular complexity index is 676. The predicted molar refractivity (Wildman–Crippen MR) is 76.1 cm³/mol. The average molecular weight is 304 g/mol. The molecule has 0 N–H and O–H groups in total. The fourth-order valence-electron chi connectivity index (χ4n) is 2.77. The number of rotatable bonds is 3. The highest BCUT2D eigenvalue weighted by Crippen LogP contribution is 2.40. The minimum atomic E-state index is -0.0734. The van der Waals surface area contributed by atoms with Crippen LogP contribution in [-0.2, 0) is 0 Å². The van der Waals surface area contributed by atoms with Crippen LogP contribution in [0.5, 0.6) is 0 Å². The molecule has 0 spiro atoms. The highest BCUT2D eigenvalue weighted by Gasteiger charge is 2.36. The Morgan fingerprint density at radius 2 is 2.24 bits per heavy atom. The lowest BCUT2D eigenvalue weighted by Crippen LogP contribution is -2.31. The lowest BCUT2D eigenvalue weighted by Gasteiger charge is -2.21. The normalized spacial score (nSPS) is 22.0. The van der Waals surface area contributed by atoms with E-state index in [4.69, 9.17) is 4.52 Å². The van der Waals surface area contributed by atoms with Gasteiger partial charge in [-0.25, -0.2) is 4.98 Å². The maximum absolute atomic E-state index is 12.6. The maximum Gasteiger partial charge on any atom is 0.273 e. The summed E-state index contributed by atoms with van der Waals surface area (Å²) in [4.78, 5) is 23.2. The highest BCUT2D eigenvalue weighted by atomic mass is 32.1. The number of hydrogen-bond donors (Lipinski definition) is 0. The molecule has 0 unspecified atom stereocenters. The van der Waals surface area contributed by atoms with E-state index in [-0.39, 0.29) is 11.9 Å². The summed E-state index contributed by atoms with van der Waals surface area (Å²) in [5.74, 6) is 1.79. The Kier molecular flexibility index (Phi) is 3.02. The van der Waals surface area contributed by atoms with E-state index in [0.717, 1.165) is 43.1 Å². The number of hydrogen-bond acceptors (Lipinski definition) is 6. The van der Waals surface area contributed by atoms with Crippen molar-refractivity contribution in [3.05, 3.63) is 27.8 Å². The number of nitrogens with zero attached hydrogens (tertiary/aromatic N) is 4. The van der Waals surface area contributed by atoms with Gasteiger partial charge in [-0.3, -0.25) is 4.79 Å². The monoisotopic (exact) mass is 304 g/mol. The Labute approximate surface area is 126 Å². The molecule has 2 aliphatic rings. The van der Waals surface area contributed by atoms with Crippen molar-refractivity contribution in [3.63, 3.8) is 0 Å². The van der Waals surface area contributed by atoms with Gasteiger partial charge in [0, 0.05) is 17.8 Å². The molecule has 1 aliphatic heterocycles. The third-order valence-electron chi connectivity index (χ3n) is 4.03. The third-order valence-corrected chi connectivity index (χ3v) is 4.81. The zero-order chi connectivity index (χ0) is 14.4. The molecule has 6 nitrogen and oxygen atoms in total. The molecule has 21 heavy (non-hydrogen) atoms. The summed E-state index contributed by atoms with van der Waals surface area (Å²) in [6.07, 6.45) is 4.12. The molecule has 1 atom stereocenters. The van der Waals surface area contributed by atoms with Crippen LogP contribution in [0.15, 0.2) is 9.90 Å². The van der Waals surface area contributed by atoms with E-state index in [9.17, 15) is 4.79 Å². The van der Waals surface area contributed by atoms with Gasteiger partial charge in [0.1, 0.15) is 5.69 Å². The molecule has 4 rings (SSSR count). The fraction of sp³-hybridized carbons (Fsp3) is 0.571. The summed E-state index contributed by atoms with van der Waals surface area (Å²) < 4.78 is 5.33. The van der Waals surface area contributed by atoms with Gasteiger partial charge in [0.25, 0.3) is 5.91 Å². The predicted octanol–water partition coefficient (Wildman–Crippen LogP) is 2.69. The molecular weight excluding hydrogens is 288 g/mol. The quantitative estimate of drug-likeness (QED) is 0.871. The van der Waals surface area contributed by atoms with Crippen molar-refractivity contribution in [2.45, 2.75) is 44.6 Å². The largest absolute Gasteiger partial charge is 0.339 e. The molecule has 110 valence electrons. The zero-order valence-corrected chi connectivity index (χ0v) is 12.6.